The van der Waals surface area contributed by atoms with E-state index in [0.29, 0.717) is 18.5 Å². The molecule has 3 rings (SSSR count). The molecule has 0 aliphatic rings. The fourth-order valence-corrected chi connectivity index (χ4v) is 2.63. The standard InChI is InChI=1S/C19H19F2N3O2/c1-23(2)9-6-10-24(18(25)13-7-4-3-5-8-13)19-22-17-15(21)11-14(20)12-16(17)26-19/h3-5,7-8,11-12H,6,9-10H2,1-2H3. The molecule has 1 amide bonds. The monoisotopic (exact) mass is 359 g/mol. The number of carbonyl (C=O) groups is 1. The van der Waals surface area contributed by atoms with Crippen LogP contribution in [0.3, 0.4) is 0 Å². The number of hydrogen-bond acceptors (Lipinski definition) is 4. The van der Waals surface area contributed by atoms with Crippen molar-refractivity contribution >= 4 is 23.0 Å². The normalized spacial score (nSPS) is 11.3. The average Bonchev–Trinajstić information content (AvgIpc) is 3.02. The number of amides is 1. The zero-order chi connectivity index (χ0) is 18.7. The van der Waals surface area contributed by atoms with Crippen LogP contribution in [0.4, 0.5) is 14.8 Å². The van der Waals surface area contributed by atoms with Gasteiger partial charge in [-0.2, -0.15) is 4.98 Å². The van der Waals surface area contributed by atoms with E-state index in [4.69, 9.17) is 4.42 Å². The lowest BCUT2D eigenvalue weighted by Gasteiger charge is -2.20. The second-order valence-electron chi connectivity index (χ2n) is 6.21. The number of anilines is 1. The molecule has 5 nitrogen and oxygen atoms in total. The van der Waals surface area contributed by atoms with Crippen LogP contribution < -0.4 is 4.90 Å². The molecule has 26 heavy (non-hydrogen) atoms. The van der Waals surface area contributed by atoms with Crippen molar-refractivity contribution in [2.75, 3.05) is 32.1 Å². The molecule has 1 heterocycles. The third-order valence-corrected chi connectivity index (χ3v) is 3.89. The van der Waals surface area contributed by atoms with E-state index < -0.39 is 11.6 Å². The Morgan fingerprint density at radius 2 is 1.85 bits per heavy atom. The summed E-state index contributed by atoms with van der Waals surface area (Å²) in [4.78, 5) is 20.3. The number of benzene rings is 2. The van der Waals surface area contributed by atoms with Crippen molar-refractivity contribution in [3.63, 3.8) is 0 Å². The van der Waals surface area contributed by atoms with Crippen LogP contribution in [0.15, 0.2) is 46.9 Å². The van der Waals surface area contributed by atoms with E-state index in [1.807, 2.05) is 25.1 Å². The number of aromatic nitrogens is 1. The van der Waals surface area contributed by atoms with Gasteiger partial charge >= 0.3 is 6.01 Å². The van der Waals surface area contributed by atoms with Gasteiger partial charge in [0.15, 0.2) is 11.4 Å². The lowest BCUT2D eigenvalue weighted by Crippen LogP contribution is -2.33. The first-order valence-corrected chi connectivity index (χ1v) is 8.23. The van der Waals surface area contributed by atoms with Crippen molar-refractivity contribution in [1.82, 2.24) is 9.88 Å². The van der Waals surface area contributed by atoms with E-state index in [0.717, 1.165) is 18.7 Å². The van der Waals surface area contributed by atoms with E-state index >= 15 is 0 Å². The highest BCUT2D eigenvalue weighted by Crippen LogP contribution is 2.26. The average molecular weight is 359 g/mol. The predicted molar refractivity (Wildman–Crippen MR) is 95.2 cm³/mol. The molecular weight excluding hydrogens is 340 g/mol. The number of rotatable bonds is 6. The summed E-state index contributed by atoms with van der Waals surface area (Å²) < 4.78 is 32.8. The summed E-state index contributed by atoms with van der Waals surface area (Å²) in [6.07, 6.45) is 0.668. The zero-order valence-electron chi connectivity index (χ0n) is 14.6. The van der Waals surface area contributed by atoms with Crippen LogP contribution in [0, 0.1) is 11.6 Å². The Bertz CT molecular complexity index is 910. The lowest BCUT2D eigenvalue weighted by atomic mass is 10.2. The van der Waals surface area contributed by atoms with Crippen LogP contribution in [0.25, 0.3) is 11.1 Å². The molecule has 1 aromatic heterocycles. The highest BCUT2D eigenvalue weighted by Gasteiger charge is 2.23. The first kappa shape index (κ1) is 18.0. The van der Waals surface area contributed by atoms with Gasteiger partial charge in [-0.1, -0.05) is 18.2 Å². The van der Waals surface area contributed by atoms with Crippen molar-refractivity contribution in [2.24, 2.45) is 0 Å². The van der Waals surface area contributed by atoms with Crippen LogP contribution in [0.1, 0.15) is 16.8 Å². The van der Waals surface area contributed by atoms with Crippen LogP contribution in [0.2, 0.25) is 0 Å². The van der Waals surface area contributed by atoms with Crippen molar-refractivity contribution in [1.29, 1.82) is 0 Å². The molecule has 7 heteroatoms. The molecule has 0 bridgehead atoms. The maximum atomic E-state index is 13.9. The fourth-order valence-electron chi connectivity index (χ4n) is 2.63. The molecule has 0 unspecified atom stereocenters. The summed E-state index contributed by atoms with van der Waals surface area (Å²) in [5, 5.41) is 0. The number of carbonyl (C=O) groups excluding carboxylic acids is 1. The third kappa shape index (κ3) is 3.88. The molecule has 0 saturated heterocycles. The van der Waals surface area contributed by atoms with Crippen LogP contribution in [-0.2, 0) is 0 Å². The smallest absolute Gasteiger partial charge is 0.305 e. The van der Waals surface area contributed by atoms with E-state index in [-0.39, 0.29) is 23.0 Å². The zero-order valence-corrected chi connectivity index (χ0v) is 14.6. The van der Waals surface area contributed by atoms with Crippen molar-refractivity contribution in [2.45, 2.75) is 6.42 Å². The van der Waals surface area contributed by atoms with E-state index in [1.165, 1.54) is 4.90 Å². The van der Waals surface area contributed by atoms with Gasteiger partial charge in [0.2, 0.25) is 0 Å². The maximum absolute atomic E-state index is 13.9. The number of fused-ring (bicyclic) bond motifs is 1. The summed E-state index contributed by atoms with van der Waals surface area (Å²) in [5.74, 6) is -1.89. The summed E-state index contributed by atoms with van der Waals surface area (Å²) >= 11 is 0. The van der Waals surface area contributed by atoms with E-state index in [2.05, 4.69) is 4.98 Å². The minimum Gasteiger partial charge on any atom is -0.423 e. The summed E-state index contributed by atoms with van der Waals surface area (Å²) in [6.45, 7) is 1.09. The Morgan fingerprint density at radius 3 is 2.54 bits per heavy atom. The van der Waals surface area contributed by atoms with Gasteiger partial charge in [0.05, 0.1) is 0 Å². The van der Waals surface area contributed by atoms with Crippen molar-refractivity contribution < 1.29 is 18.0 Å². The van der Waals surface area contributed by atoms with Crippen molar-refractivity contribution in [3.05, 3.63) is 59.7 Å². The molecule has 136 valence electrons. The SMILES string of the molecule is CN(C)CCCN(C(=O)c1ccccc1)c1nc2c(F)cc(F)cc2o1. The van der Waals surface area contributed by atoms with Gasteiger partial charge < -0.3 is 9.32 Å². The van der Waals surface area contributed by atoms with Crippen LogP contribution >= 0.6 is 0 Å². The van der Waals surface area contributed by atoms with Gasteiger partial charge in [-0.3, -0.25) is 9.69 Å². The fraction of sp³-hybridized carbons (Fsp3) is 0.263. The number of nitrogens with zero attached hydrogens (tertiary/aromatic N) is 3. The molecule has 0 spiro atoms. The first-order valence-electron chi connectivity index (χ1n) is 8.23. The third-order valence-electron chi connectivity index (χ3n) is 3.89. The Morgan fingerprint density at radius 1 is 1.12 bits per heavy atom. The first-order chi connectivity index (χ1) is 12.5. The van der Waals surface area contributed by atoms with Crippen molar-refractivity contribution in [3.8, 4) is 0 Å². The van der Waals surface area contributed by atoms with Gasteiger partial charge in [-0.15, -0.1) is 0 Å². The molecule has 0 saturated carbocycles. The number of halogens is 2. The quantitative estimate of drug-likeness (QED) is 0.673. The molecule has 3 aromatic rings. The summed E-state index contributed by atoms with van der Waals surface area (Å²) in [5.41, 5.74) is 0.335. The topological polar surface area (TPSA) is 49.6 Å². The second kappa shape index (κ2) is 7.61. The molecule has 2 aromatic carbocycles. The minimum absolute atomic E-state index is 0.0315. The molecule has 0 radical (unpaired) electrons. The number of oxazole rings is 1. The Labute approximate surface area is 149 Å². The van der Waals surface area contributed by atoms with Gasteiger partial charge in [-0.05, 0) is 39.2 Å². The highest BCUT2D eigenvalue weighted by atomic mass is 19.1. The van der Waals surface area contributed by atoms with E-state index in [9.17, 15) is 13.6 Å². The number of hydrogen-bond donors (Lipinski definition) is 0. The Hall–Kier alpha value is -2.80. The molecular formula is C19H19F2N3O2. The van der Waals surface area contributed by atoms with Gasteiger partial charge in [0.1, 0.15) is 11.3 Å². The van der Waals surface area contributed by atoms with Crippen LogP contribution in [0.5, 0.6) is 0 Å². The molecule has 0 N–H and O–H groups in total. The highest BCUT2D eigenvalue weighted by molar-refractivity contribution is 6.05. The molecule has 0 aliphatic heterocycles. The van der Waals surface area contributed by atoms with Crippen LogP contribution in [-0.4, -0.2) is 43.0 Å². The van der Waals surface area contributed by atoms with Gasteiger partial charge in [0.25, 0.3) is 5.91 Å². The van der Waals surface area contributed by atoms with Gasteiger partial charge in [0, 0.05) is 24.2 Å². The Balaban J connectivity index is 1.97. The minimum atomic E-state index is -0.824. The second-order valence-corrected chi connectivity index (χ2v) is 6.21. The largest absolute Gasteiger partial charge is 0.423 e. The molecule has 0 fully saturated rings. The van der Waals surface area contributed by atoms with E-state index in [1.54, 1.807) is 24.3 Å². The summed E-state index contributed by atoms with van der Waals surface area (Å²) in [7, 11) is 3.86. The van der Waals surface area contributed by atoms with Gasteiger partial charge in [-0.25, -0.2) is 8.78 Å². The summed E-state index contributed by atoms with van der Waals surface area (Å²) in [6, 6.07) is 10.4. The molecule has 0 aliphatic carbocycles. The lowest BCUT2D eigenvalue weighted by molar-refractivity contribution is 0.0981. The predicted octanol–water partition coefficient (Wildman–Crippen LogP) is 3.70. The Kier molecular flexibility index (Phi) is 5.27. The maximum Gasteiger partial charge on any atom is 0.305 e. The molecule has 0 atom stereocenters.